The van der Waals surface area contributed by atoms with Gasteiger partial charge < -0.3 is 5.32 Å². The number of aromatic nitrogens is 2. The summed E-state index contributed by atoms with van der Waals surface area (Å²) in [5, 5.41) is 22.1. The molecular weight excluding hydrogens is 298 g/mol. The fourth-order valence-corrected chi connectivity index (χ4v) is 4.16. The zero-order valence-electron chi connectivity index (χ0n) is 14.2. The standard InChI is InChI=1S/C15H25N5OS/c1-7-14(4,10-16)15(8-2,9-3)11-18-19-13(22-11)20(6)12(21)17-5/h7-9H2,1-6H3,(H,17,21). The molecule has 1 N–H and O–H groups in total. The van der Waals surface area contributed by atoms with Gasteiger partial charge in [0.2, 0.25) is 5.13 Å². The van der Waals surface area contributed by atoms with E-state index >= 15 is 0 Å². The molecule has 0 aliphatic heterocycles. The van der Waals surface area contributed by atoms with Crippen LogP contribution in [0.2, 0.25) is 0 Å². The topological polar surface area (TPSA) is 81.9 Å². The molecule has 1 atom stereocenters. The molecule has 1 unspecified atom stereocenters. The van der Waals surface area contributed by atoms with Crippen LogP contribution < -0.4 is 10.2 Å². The van der Waals surface area contributed by atoms with Gasteiger partial charge in [-0.3, -0.25) is 4.90 Å². The zero-order chi connectivity index (χ0) is 17.0. The summed E-state index contributed by atoms with van der Waals surface area (Å²) in [6, 6.07) is 2.25. The molecule has 6 nitrogen and oxygen atoms in total. The number of amides is 2. The maximum atomic E-state index is 11.7. The third kappa shape index (κ3) is 2.80. The van der Waals surface area contributed by atoms with Gasteiger partial charge in [0.15, 0.2) is 0 Å². The molecule has 0 spiro atoms. The summed E-state index contributed by atoms with van der Waals surface area (Å²) < 4.78 is 0. The number of nitrogens with one attached hydrogen (secondary N) is 1. The van der Waals surface area contributed by atoms with Crippen LogP contribution in [0.1, 0.15) is 52.0 Å². The molecule has 0 aliphatic rings. The van der Waals surface area contributed by atoms with Gasteiger partial charge in [-0.25, -0.2) is 4.79 Å². The van der Waals surface area contributed by atoms with E-state index in [4.69, 9.17) is 0 Å². The highest BCUT2D eigenvalue weighted by Gasteiger charge is 2.49. The average molecular weight is 323 g/mol. The number of anilines is 1. The molecule has 1 aromatic rings. The quantitative estimate of drug-likeness (QED) is 0.870. The van der Waals surface area contributed by atoms with Crippen molar-refractivity contribution in [1.82, 2.24) is 15.5 Å². The maximum Gasteiger partial charge on any atom is 0.323 e. The number of nitrogens with zero attached hydrogens (tertiary/aromatic N) is 4. The lowest BCUT2D eigenvalue weighted by atomic mass is 9.61. The smallest absolute Gasteiger partial charge is 0.323 e. The van der Waals surface area contributed by atoms with Gasteiger partial charge >= 0.3 is 6.03 Å². The lowest BCUT2D eigenvalue weighted by molar-refractivity contribution is 0.180. The van der Waals surface area contributed by atoms with E-state index in [1.807, 2.05) is 13.8 Å². The average Bonchev–Trinajstić information content (AvgIpc) is 3.04. The lowest BCUT2D eigenvalue weighted by Gasteiger charge is -2.41. The molecule has 0 radical (unpaired) electrons. The molecule has 1 aromatic heterocycles. The largest absolute Gasteiger partial charge is 0.341 e. The fraction of sp³-hybridized carbons (Fsp3) is 0.733. The highest BCUT2D eigenvalue weighted by molar-refractivity contribution is 7.15. The highest BCUT2D eigenvalue weighted by Crippen LogP contribution is 2.50. The first-order valence-electron chi connectivity index (χ1n) is 7.56. The lowest BCUT2D eigenvalue weighted by Crippen LogP contribution is -2.42. The van der Waals surface area contributed by atoms with Gasteiger partial charge in [0.25, 0.3) is 0 Å². The Morgan fingerprint density at radius 2 is 1.91 bits per heavy atom. The number of hydrogen-bond donors (Lipinski definition) is 1. The first kappa shape index (κ1) is 18.4. The molecule has 0 fully saturated rings. The van der Waals surface area contributed by atoms with Gasteiger partial charge in [0.1, 0.15) is 5.01 Å². The van der Waals surface area contributed by atoms with E-state index < -0.39 is 5.41 Å². The minimum atomic E-state index is -0.515. The van der Waals surface area contributed by atoms with Gasteiger partial charge in [0, 0.05) is 19.5 Å². The van der Waals surface area contributed by atoms with Crippen molar-refractivity contribution in [3.05, 3.63) is 5.01 Å². The summed E-state index contributed by atoms with van der Waals surface area (Å²) in [4.78, 5) is 13.2. The van der Waals surface area contributed by atoms with Crippen molar-refractivity contribution in [3.8, 4) is 6.07 Å². The Kier molecular flexibility index (Phi) is 5.89. The second-order valence-electron chi connectivity index (χ2n) is 5.59. The second-order valence-corrected chi connectivity index (χ2v) is 6.55. The number of carbonyl (C=O) groups is 1. The molecular formula is C15H25N5OS. The van der Waals surface area contributed by atoms with Crippen molar-refractivity contribution < 1.29 is 4.79 Å². The third-order valence-corrected chi connectivity index (χ3v) is 6.05. The molecule has 1 heterocycles. The maximum absolute atomic E-state index is 11.7. The Hall–Kier alpha value is -1.68. The van der Waals surface area contributed by atoms with Crippen molar-refractivity contribution in [1.29, 1.82) is 5.26 Å². The third-order valence-electron chi connectivity index (χ3n) is 4.85. The number of carbonyl (C=O) groups excluding carboxylic acids is 1. The summed E-state index contributed by atoms with van der Waals surface area (Å²) >= 11 is 1.39. The van der Waals surface area contributed by atoms with Crippen LogP contribution in [0.4, 0.5) is 9.93 Å². The van der Waals surface area contributed by atoms with Crippen LogP contribution in [0.15, 0.2) is 0 Å². The normalized spacial score (nSPS) is 14.0. The minimum absolute atomic E-state index is 0.236. The molecule has 122 valence electrons. The van der Waals surface area contributed by atoms with Gasteiger partial charge in [-0.05, 0) is 26.2 Å². The zero-order valence-corrected chi connectivity index (χ0v) is 15.0. The molecule has 1 rings (SSSR count). The molecule has 0 bridgehead atoms. The van der Waals surface area contributed by atoms with E-state index in [1.54, 1.807) is 14.1 Å². The van der Waals surface area contributed by atoms with E-state index in [0.717, 1.165) is 24.3 Å². The first-order valence-corrected chi connectivity index (χ1v) is 8.38. The van der Waals surface area contributed by atoms with Gasteiger partial charge in [0.05, 0.1) is 11.5 Å². The Morgan fingerprint density at radius 1 is 1.32 bits per heavy atom. The van der Waals surface area contributed by atoms with E-state index in [-0.39, 0.29) is 11.4 Å². The van der Waals surface area contributed by atoms with Crippen molar-refractivity contribution in [2.75, 3.05) is 19.0 Å². The molecule has 0 saturated carbocycles. The van der Waals surface area contributed by atoms with Gasteiger partial charge in [-0.15, -0.1) is 10.2 Å². The Morgan fingerprint density at radius 3 is 2.32 bits per heavy atom. The van der Waals surface area contributed by atoms with Crippen molar-refractivity contribution >= 4 is 22.5 Å². The van der Waals surface area contributed by atoms with E-state index in [9.17, 15) is 10.1 Å². The SMILES string of the molecule is CCC(C)(C#N)C(CC)(CC)c1nnc(N(C)C(=O)NC)s1. The van der Waals surface area contributed by atoms with Crippen LogP contribution in [0.5, 0.6) is 0 Å². The van der Waals surface area contributed by atoms with E-state index in [1.165, 1.54) is 16.2 Å². The number of hydrogen-bond acceptors (Lipinski definition) is 5. The van der Waals surface area contributed by atoms with Gasteiger partial charge in [-0.2, -0.15) is 5.26 Å². The summed E-state index contributed by atoms with van der Waals surface area (Å²) in [6.07, 6.45) is 2.35. The molecule has 0 saturated heterocycles. The van der Waals surface area contributed by atoms with E-state index in [2.05, 4.69) is 35.4 Å². The van der Waals surface area contributed by atoms with Crippen molar-refractivity contribution in [3.63, 3.8) is 0 Å². The minimum Gasteiger partial charge on any atom is -0.341 e. The van der Waals surface area contributed by atoms with Crippen LogP contribution in [-0.4, -0.2) is 30.3 Å². The fourth-order valence-electron chi connectivity index (χ4n) is 2.89. The Labute approximate surface area is 136 Å². The molecule has 7 heteroatoms. The predicted molar refractivity (Wildman–Crippen MR) is 89.0 cm³/mol. The monoisotopic (exact) mass is 323 g/mol. The number of nitriles is 1. The molecule has 0 aliphatic carbocycles. The van der Waals surface area contributed by atoms with Crippen LogP contribution in [0, 0.1) is 16.7 Å². The Balaban J connectivity index is 3.34. The summed E-state index contributed by atoms with van der Waals surface area (Å²) in [7, 11) is 3.24. The predicted octanol–water partition coefficient (Wildman–Crippen LogP) is 3.31. The van der Waals surface area contributed by atoms with Crippen LogP contribution in [-0.2, 0) is 5.41 Å². The van der Waals surface area contributed by atoms with Crippen LogP contribution in [0.3, 0.4) is 0 Å². The second kappa shape index (κ2) is 7.05. The highest BCUT2D eigenvalue weighted by atomic mass is 32.1. The van der Waals surface area contributed by atoms with Crippen molar-refractivity contribution in [2.45, 2.75) is 52.4 Å². The van der Waals surface area contributed by atoms with E-state index in [0.29, 0.717) is 5.13 Å². The molecule has 2 amide bonds. The summed E-state index contributed by atoms with van der Waals surface area (Å²) in [5.74, 6) is 0. The molecule has 0 aromatic carbocycles. The molecule has 22 heavy (non-hydrogen) atoms. The first-order chi connectivity index (χ1) is 10.4. The van der Waals surface area contributed by atoms with Crippen LogP contribution in [0.25, 0.3) is 0 Å². The van der Waals surface area contributed by atoms with Crippen LogP contribution >= 0.6 is 11.3 Å². The van der Waals surface area contributed by atoms with Crippen molar-refractivity contribution in [2.24, 2.45) is 5.41 Å². The summed E-state index contributed by atoms with van der Waals surface area (Å²) in [6.45, 7) is 8.18. The van der Waals surface area contributed by atoms with Gasteiger partial charge in [-0.1, -0.05) is 32.1 Å². The Bertz CT molecular complexity index is 561. The summed E-state index contributed by atoms with van der Waals surface area (Å²) in [5.41, 5.74) is -0.866. The number of rotatable bonds is 6. The number of urea groups is 1.